The maximum absolute atomic E-state index is 13.1. The van der Waals surface area contributed by atoms with Crippen LogP contribution in [0.2, 0.25) is 10.0 Å². The Morgan fingerprint density at radius 2 is 1.79 bits per heavy atom. The fraction of sp³-hybridized carbons (Fsp3) is 0.350. The Kier molecular flexibility index (Phi) is 6.34. The van der Waals surface area contributed by atoms with Gasteiger partial charge in [0.1, 0.15) is 0 Å². The summed E-state index contributed by atoms with van der Waals surface area (Å²) >= 11 is 11.9. The van der Waals surface area contributed by atoms with Crippen LogP contribution in [-0.2, 0) is 14.8 Å². The molecule has 0 spiro atoms. The lowest BCUT2D eigenvalue weighted by atomic mass is 9.99. The van der Waals surface area contributed by atoms with Crippen molar-refractivity contribution in [2.45, 2.75) is 31.6 Å². The molecular weight excluding hydrogens is 419 g/mol. The zero-order valence-electron chi connectivity index (χ0n) is 15.7. The molecule has 1 unspecified atom stereocenters. The zero-order valence-corrected chi connectivity index (χ0v) is 18.0. The number of rotatable bonds is 4. The first-order valence-corrected chi connectivity index (χ1v) is 11.2. The molecule has 1 fully saturated rings. The van der Waals surface area contributed by atoms with E-state index in [0.717, 1.165) is 5.56 Å². The summed E-state index contributed by atoms with van der Waals surface area (Å²) in [6, 6.07) is 10.2. The molecular formula is C20H22Cl2N2O3S. The maximum Gasteiger partial charge on any atom is 0.243 e. The summed E-state index contributed by atoms with van der Waals surface area (Å²) in [5.74, 6) is -0.675. The van der Waals surface area contributed by atoms with E-state index < -0.39 is 15.9 Å². The monoisotopic (exact) mass is 440 g/mol. The number of aryl methyl sites for hydroxylation is 2. The highest BCUT2D eigenvalue weighted by molar-refractivity contribution is 7.89. The van der Waals surface area contributed by atoms with Crippen LogP contribution in [0.3, 0.4) is 0 Å². The van der Waals surface area contributed by atoms with Gasteiger partial charge in [0.25, 0.3) is 0 Å². The van der Waals surface area contributed by atoms with E-state index in [9.17, 15) is 13.2 Å². The smallest absolute Gasteiger partial charge is 0.243 e. The summed E-state index contributed by atoms with van der Waals surface area (Å²) in [5, 5.41) is 3.64. The van der Waals surface area contributed by atoms with Crippen LogP contribution in [0.4, 0.5) is 5.69 Å². The number of hydrogen-bond acceptors (Lipinski definition) is 3. The van der Waals surface area contributed by atoms with E-state index in [0.29, 0.717) is 45.6 Å². The minimum Gasteiger partial charge on any atom is -0.326 e. The van der Waals surface area contributed by atoms with Crippen LogP contribution in [0.15, 0.2) is 41.3 Å². The minimum atomic E-state index is -3.66. The topological polar surface area (TPSA) is 66.5 Å². The quantitative estimate of drug-likeness (QED) is 0.751. The second-order valence-electron chi connectivity index (χ2n) is 7.12. The number of halogens is 2. The molecule has 0 saturated carbocycles. The van der Waals surface area contributed by atoms with Crippen LogP contribution < -0.4 is 5.32 Å². The van der Waals surface area contributed by atoms with Gasteiger partial charge in [-0.1, -0.05) is 35.3 Å². The number of hydrogen-bond donors (Lipinski definition) is 1. The first kappa shape index (κ1) is 21.1. The van der Waals surface area contributed by atoms with E-state index in [-0.39, 0.29) is 12.5 Å². The number of carbonyl (C=O) groups is 1. The van der Waals surface area contributed by atoms with E-state index in [1.54, 1.807) is 37.3 Å². The van der Waals surface area contributed by atoms with Gasteiger partial charge in [-0.2, -0.15) is 4.31 Å². The zero-order chi connectivity index (χ0) is 20.5. The Morgan fingerprint density at radius 1 is 1.11 bits per heavy atom. The lowest BCUT2D eigenvalue weighted by molar-refractivity contribution is -0.120. The van der Waals surface area contributed by atoms with Crippen LogP contribution in [0.5, 0.6) is 0 Å². The third-order valence-corrected chi connectivity index (χ3v) is 7.29. The van der Waals surface area contributed by atoms with E-state index in [4.69, 9.17) is 23.2 Å². The first-order valence-electron chi connectivity index (χ1n) is 9.01. The van der Waals surface area contributed by atoms with Crippen molar-refractivity contribution in [1.82, 2.24) is 4.31 Å². The predicted molar refractivity (Wildman–Crippen MR) is 112 cm³/mol. The molecule has 1 aliphatic rings. The van der Waals surface area contributed by atoms with E-state index in [2.05, 4.69) is 5.32 Å². The minimum absolute atomic E-state index is 0.149. The SMILES string of the molecule is Cc1ccc(C)c(S(=O)(=O)N2CCCC(C(=O)Nc3cc(Cl)cc(Cl)c3)C2)c1. The second kappa shape index (κ2) is 8.41. The van der Waals surface area contributed by atoms with E-state index >= 15 is 0 Å². The van der Waals surface area contributed by atoms with Crippen molar-refractivity contribution in [2.75, 3.05) is 18.4 Å². The third kappa shape index (κ3) is 4.69. The molecule has 1 amide bonds. The number of anilines is 1. The molecule has 1 N–H and O–H groups in total. The Hall–Kier alpha value is -1.60. The average molecular weight is 441 g/mol. The van der Waals surface area contributed by atoms with Crippen molar-refractivity contribution in [3.8, 4) is 0 Å². The number of piperidine rings is 1. The van der Waals surface area contributed by atoms with Crippen molar-refractivity contribution in [1.29, 1.82) is 0 Å². The molecule has 8 heteroatoms. The maximum atomic E-state index is 13.1. The van der Waals surface area contributed by atoms with Gasteiger partial charge in [-0.3, -0.25) is 4.79 Å². The summed E-state index contributed by atoms with van der Waals surface area (Å²) in [6.45, 7) is 4.20. The van der Waals surface area contributed by atoms with E-state index in [1.807, 2.05) is 13.0 Å². The number of nitrogens with zero attached hydrogens (tertiary/aromatic N) is 1. The first-order chi connectivity index (χ1) is 13.2. The molecule has 1 heterocycles. The van der Waals surface area contributed by atoms with Gasteiger partial charge in [-0.05, 0) is 62.1 Å². The second-order valence-corrected chi connectivity index (χ2v) is 9.90. The number of amides is 1. The molecule has 3 rings (SSSR count). The number of benzene rings is 2. The molecule has 150 valence electrons. The van der Waals surface area contributed by atoms with Crippen LogP contribution >= 0.6 is 23.2 Å². The standard InChI is InChI=1S/C20H22Cl2N2O3S/c1-13-5-6-14(2)19(8-13)28(26,27)24-7-3-4-15(12-24)20(25)23-18-10-16(21)9-17(22)11-18/h5-6,8-11,15H,3-4,7,12H2,1-2H3,(H,23,25). The number of nitrogens with one attached hydrogen (secondary N) is 1. The van der Waals surface area contributed by atoms with Gasteiger partial charge < -0.3 is 5.32 Å². The molecule has 0 radical (unpaired) electrons. The lowest BCUT2D eigenvalue weighted by Gasteiger charge is -2.31. The van der Waals surface area contributed by atoms with Gasteiger partial charge >= 0.3 is 0 Å². The van der Waals surface area contributed by atoms with Crippen molar-refractivity contribution >= 4 is 44.8 Å². The fourth-order valence-electron chi connectivity index (χ4n) is 3.37. The van der Waals surface area contributed by atoms with Gasteiger partial charge in [0, 0.05) is 28.8 Å². The Labute approximate surface area is 175 Å². The third-order valence-electron chi connectivity index (χ3n) is 4.85. The molecule has 0 aromatic heterocycles. The number of carbonyl (C=O) groups excluding carboxylic acids is 1. The van der Waals surface area contributed by atoms with Crippen molar-refractivity contribution in [3.05, 3.63) is 57.6 Å². The van der Waals surface area contributed by atoms with Crippen molar-refractivity contribution < 1.29 is 13.2 Å². The van der Waals surface area contributed by atoms with Crippen LogP contribution in [0.25, 0.3) is 0 Å². The Bertz CT molecular complexity index is 988. The Morgan fingerprint density at radius 3 is 2.46 bits per heavy atom. The highest BCUT2D eigenvalue weighted by atomic mass is 35.5. The van der Waals surface area contributed by atoms with Crippen LogP contribution in [0.1, 0.15) is 24.0 Å². The molecule has 0 aliphatic carbocycles. The highest BCUT2D eigenvalue weighted by Gasteiger charge is 2.34. The number of sulfonamides is 1. The molecule has 1 saturated heterocycles. The predicted octanol–water partition coefficient (Wildman–Crippen LogP) is 4.65. The summed E-state index contributed by atoms with van der Waals surface area (Å²) in [4.78, 5) is 13.0. The summed E-state index contributed by atoms with van der Waals surface area (Å²) in [6.07, 6.45) is 1.25. The fourth-order valence-corrected chi connectivity index (χ4v) is 5.73. The largest absolute Gasteiger partial charge is 0.326 e. The summed E-state index contributed by atoms with van der Waals surface area (Å²) in [5.41, 5.74) is 2.08. The average Bonchev–Trinajstić information content (AvgIpc) is 2.63. The van der Waals surface area contributed by atoms with Gasteiger partial charge in [-0.25, -0.2) is 8.42 Å². The highest BCUT2D eigenvalue weighted by Crippen LogP contribution is 2.28. The van der Waals surface area contributed by atoms with Gasteiger partial charge in [0.05, 0.1) is 10.8 Å². The summed E-state index contributed by atoms with van der Waals surface area (Å²) in [7, 11) is -3.66. The van der Waals surface area contributed by atoms with Crippen molar-refractivity contribution in [3.63, 3.8) is 0 Å². The molecule has 2 aromatic rings. The van der Waals surface area contributed by atoms with E-state index in [1.165, 1.54) is 4.31 Å². The Balaban J connectivity index is 1.77. The summed E-state index contributed by atoms with van der Waals surface area (Å²) < 4.78 is 27.7. The van der Waals surface area contributed by atoms with Crippen LogP contribution in [0, 0.1) is 19.8 Å². The molecule has 1 atom stereocenters. The molecule has 0 bridgehead atoms. The van der Waals surface area contributed by atoms with Gasteiger partial charge in [0.2, 0.25) is 15.9 Å². The molecule has 1 aliphatic heterocycles. The van der Waals surface area contributed by atoms with Gasteiger partial charge in [-0.15, -0.1) is 0 Å². The normalized spacial score (nSPS) is 18.1. The van der Waals surface area contributed by atoms with Crippen LogP contribution in [-0.4, -0.2) is 31.7 Å². The van der Waals surface area contributed by atoms with Gasteiger partial charge in [0.15, 0.2) is 0 Å². The lowest BCUT2D eigenvalue weighted by Crippen LogP contribution is -2.43. The van der Waals surface area contributed by atoms with Crippen molar-refractivity contribution in [2.24, 2.45) is 5.92 Å². The molecule has 5 nitrogen and oxygen atoms in total. The molecule has 2 aromatic carbocycles. The molecule has 28 heavy (non-hydrogen) atoms.